The number of rotatable bonds is 1. The maximum atomic E-state index is 12.7. The summed E-state index contributed by atoms with van der Waals surface area (Å²) in [4.78, 5) is 15.1. The van der Waals surface area contributed by atoms with E-state index in [4.69, 9.17) is 27.9 Å². The van der Waals surface area contributed by atoms with Crippen molar-refractivity contribution in [1.29, 1.82) is 0 Å². The normalized spacial score (nSPS) is 22.8. The van der Waals surface area contributed by atoms with Crippen molar-refractivity contribution in [3.63, 3.8) is 0 Å². The van der Waals surface area contributed by atoms with E-state index in [1.165, 1.54) is 11.3 Å². The van der Waals surface area contributed by atoms with Crippen molar-refractivity contribution in [2.75, 3.05) is 13.1 Å². The molecule has 3 rings (SSSR count). The molecule has 1 saturated heterocycles. The first-order valence-electron chi connectivity index (χ1n) is 6.78. The van der Waals surface area contributed by atoms with Gasteiger partial charge < -0.3 is 9.64 Å². The Balaban J connectivity index is 1.98. The van der Waals surface area contributed by atoms with Crippen LogP contribution in [0.5, 0.6) is 0 Å². The van der Waals surface area contributed by atoms with E-state index in [-0.39, 0.29) is 18.1 Å². The smallest absolute Gasteiger partial charge is 0.265 e. The molecule has 1 aliphatic rings. The number of ether oxygens (including phenoxy) is 1. The van der Waals surface area contributed by atoms with E-state index in [1.807, 2.05) is 30.9 Å². The van der Waals surface area contributed by atoms with Gasteiger partial charge in [0.2, 0.25) is 0 Å². The van der Waals surface area contributed by atoms with E-state index in [9.17, 15) is 4.79 Å². The van der Waals surface area contributed by atoms with Crippen molar-refractivity contribution in [2.24, 2.45) is 0 Å². The topological polar surface area (TPSA) is 29.5 Å². The van der Waals surface area contributed by atoms with Gasteiger partial charge in [0.05, 0.1) is 22.3 Å². The molecular formula is C15H15Cl2NO2S. The van der Waals surface area contributed by atoms with Gasteiger partial charge in [0.25, 0.3) is 5.91 Å². The molecule has 2 atom stereocenters. The van der Waals surface area contributed by atoms with Crippen LogP contribution in [0.3, 0.4) is 0 Å². The number of halogens is 2. The Bertz CT molecular complexity index is 690. The summed E-state index contributed by atoms with van der Waals surface area (Å²) < 4.78 is 6.60. The Morgan fingerprint density at radius 1 is 1.29 bits per heavy atom. The highest BCUT2D eigenvalue weighted by Gasteiger charge is 2.29. The molecule has 21 heavy (non-hydrogen) atoms. The van der Waals surface area contributed by atoms with Crippen LogP contribution in [0.1, 0.15) is 23.5 Å². The fraction of sp³-hybridized carbons (Fsp3) is 0.400. The number of nitrogens with zero attached hydrogens (tertiary/aromatic N) is 1. The van der Waals surface area contributed by atoms with Gasteiger partial charge in [-0.1, -0.05) is 29.3 Å². The lowest BCUT2D eigenvalue weighted by Crippen LogP contribution is -2.48. The lowest BCUT2D eigenvalue weighted by atomic mass is 10.2. The van der Waals surface area contributed by atoms with Crippen LogP contribution in [0.25, 0.3) is 10.1 Å². The van der Waals surface area contributed by atoms with Crippen LogP contribution in [0.4, 0.5) is 0 Å². The van der Waals surface area contributed by atoms with Gasteiger partial charge >= 0.3 is 0 Å². The molecule has 0 spiro atoms. The predicted molar refractivity (Wildman–Crippen MR) is 87.8 cm³/mol. The van der Waals surface area contributed by atoms with E-state index < -0.39 is 0 Å². The van der Waals surface area contributed by atoms with Gasteiger partial charge in [-0.15, -0.1) is 11.3 Å². The molecule has 2 heterocycles. The molecule has 0 N–H and O–H groups in total. The number of hydrogen-bond acceptors (Lipinski definition) is 3. The first-order valence-corrected chi connectivity index (χ1v) is 8.36. The van der Waals surface area contributed by atoms with Crippen molar-refractivity contribution in [1.82, 2.24) is 4.90 Å². The minimum atomic E-state index is -0.0423. The van der Waals surface area contributed by atoms with Crippen LogP contribution >= 0.6 is 34.5 Å². The third kappa shape index (κ3) is 2.78. The summed E-state index contributed by atoms with van der Waals surface area (Å²) in [6, 6.07) is 5.58. The summed E-state index contributed by atoms with van der Waals surface area (Å²) in [5.74, 6) is -0.0423. The number of amides is 1. The van der Waals surface area contributed by atoms with E-state index in [0.29, 0.717) is 28.0 Å². The zero-order valence-corrected chi connectivity index (χ0v) is 14.1. The number of thiophene rings is 1. The van der Waals surface area contributed by atoms with Crippen LogP contribution in [0.15, 0.2) is 18.2 Å². The zero-order chi connectivity index (χ0) is 15.1. The summed E-state index contributed by atoms with van der Waals surface area (Å²) in [6.07, 6.45) is 0.0730. The molecule has 1 aromatic carbocycles. The van der Waals surface area contributed by atoms with Crippen LogP contribution in [0, 0.1) is 0 Å². The molecule has 0 aliphatic carbocycles. The highest BCUT2D eigenvalue weighted by atomic mass is 35.5. The van der Waals surface area contributed by atoms with E-state index in [0.717, 1.165) is 10.1 Å². The first-order chi connectivity index (χ1) is 9.97. The highest BCUT2D eigenvalue weighted by molar-refractivity contribution is 7.21. The molecular weight excluding hydrogens is 329 g/mol. The molecule has 6 heteroatoms. The van der Waals surface area contributed by atoms with Crippen molar-refractivity contribution in [3.05, 3.63) is 33.1 Å². The van der Waals surface area contributed by atoms with Crippen molar-refractivity contribution >= 4 is 50.5 Å². The average molecular weight is 344 g/mol. The summed E-state index contributed by atoms with van der Waals surface area (Å²) in [5, 5.41) is 1.80. The summed E-state index contributed by atoms with van der Waals surface area (Å²) in [5.41, 5.74) is 0. The molecule has 0 bridgehead atoms. The molecule has 3 nitrogen and oxygen atoms in total. The number of carbonyl (C=O) groups is 1. The monoisotopic (exact) mass is 343 g/mol. The van der Waals surface area contributed by atoms with Gasteiger partial charge in [-0.3, -0.25) is 4.79 Å². The quantitative estimate of drug-likeness (QED) is 0.765. The maximum Gasteiger partial charge on any atom is 0.265 e. The molecule has 2 aromatic rings. The zero-order valence-electron chi connectivity index (χ0n) is 11.7. The second kappa shape index (κ2) is 5.76. The van der Waals surface area contributed by atoms with Crippen LogP contribution in [-0.4, -0.2) is 36.1 Å². The van der Waals surface area contributed by atoms with Gasteiger partial charge in [-0.2, -0.15) is 0 Å². The number of fused-ring (bicyclic) bond motifs is 1. The van der Waals surface area contributed by atoms with Crippen LogP contribution in [-0.2, 0) is 4.74 Å². The highest BCUT2D eigenvalue weighted by Crippen LogP contribution is 2.40. The number of morpholine rings is 1. The molecule has 1 aromatic heterocycles. The third-order valence-electron chi connectivity index (χ3n) is 3.51. The Morgan fingerprint density at radius 3 is 2.57 bits per heavy atom. The fourth-order valence-corrected chi connectivity index (χ4v) is 4.61. The largest absolute Gasteiger partial charge is 0.372 e. The second-order valence-corrected chi connectivity index (χ2v) is 7.16. The lowest BCUT2D eigenvalue weighted by molar-refractivity contribution is -0.0584. The molecule has 112 valence electrons. The molecule has 0 unspecified atom stereocenters. The van der Waals surface area contributed by atoms with Crippen LogP contribution < -0.4 is 0 Å². The first kappa shape index (κ1) is 15.1. The molecule has 1 aliphatic heterocycles. The Hall–Kier alpha value is -0.810. The molecule has 0 radical (unpaired) electrons. The third-order valence-corrected chi connectivity index (χ3v) is 5.46. The number of benzene rings is 1. The molecule has 0 saturated carbocycles. The Labute approximate surface area is 137 Å². The predicted octanol–water partition coefficient (Wildman–Crippen LogP) is 4.46. The van der Waals surface area contributed by atoms with Gasteiger partial charge in [0.1, 0.15) is 4.88 Å². The Morgan fingerprint density at radius 2 is 1.95 bits per heavy atom. The Kier molecular flexibility index (Phi) is 4.14. The molecule has 1 amide bonds. The second-order valence-electron chi connectivity index (χ2n) is 5.33. The van der Waals surface area contributed by atoms with E-state index in [1.54, 1.807) is 6.07 Å². The molecule has 1 fully saturated rings. The fourth-order valence-electron chi connectivity index (χ4n) is 2.70. The average Bonchev–Trinajstić information content (AvgIpc) is 2.75. The number of hydrogen-bond donors (Lipinski definition) is 0. The summed E-state index contributed by atoms with van der Waals surface area (Å²) >= 11 is 14.0. The van der Waals surface area contributed by atoms with Crippen molar-refractivity contribution < 1.29 is 9.53 Å². The van der Waals surface area contributed by atoms with Crippen molar-refractivity contribution in [2.45, 2.75) is 26.1 Å². The minimum absolute atomic E-state index is 0.0365. The van der Waals surface area contributed by atoms with Gasteiger partial charge in [0, 0.05) is 23.2 Å². The number of carbonyl (C=O) groups excluding carboxylic acids is 1. The summed E-state index contributed by atoms with van der Waals surface area (Å²) in [7, 11) is 0. The van der Waals surface area contributed by atoms with E-state index >= 15 is 0 Å². The summed E-state index contributed by atoms with van der Waals surface area (Å²) in [6.45, 7) is 5.11. The van der Waals surface area contributed by atoms with Gasteiger partial charge in [-0.25, -0.2) is 0 Å². The van der Waals surface area contributed by atoms with E-state index in [2.05, 4.69) is 0 Å². The van der Waals surface area contributed by atoms with Gasteiger partial charge in [-0.05, 0) is 26.0 Å². The minimum Gasteiger partial charge on any atom is -0.372 e. The maximum absolute atomic E-state index is 12.7. The van der Waals surface area contributed by atoms with Crippen molar-refractivity contribution in [3.8, 4) is 0 Å². The van der Waals surface area contributed by atoms with Crippen LogP contribution in [0.2, 0.25) is 10.0 Å². The lowest BCUT2D eigenvalue weighted by Gasteiger charge is -2.35. The van der Waals surface area contributed by atoms with Gasteiger partial charge in [0.15, 0.2) is 0 Å². The SMILES string of the molecule is C[C@H]1CN(C(=O)c2sc3cccc(Cl)c3c2Cl)C[C@H](C)O1. The standard InChI is InChI=1S/C15H15Cl2NO2S/c1-8-6-18(7-9(2)20-8)15(19)14-13(17)12-10(16)4-3-5-11(12)21-14/h3-5,8-9H,6-7H2,1-2H3/t8-,9-/m0/s1.